The van der Waals surface area contributed by atoms with Crippen LogP contribution < -0.4 is 10.1 Å². The summed E-state index contributed by atoms with van der Waals surface area (Å²) < 4.78 is 5.08. The van der Waals surface area contributed by atoms with Crippen LogP contribution in [0.15, 0.2) is 24.3 Å². The van der Waals surface area contributed by atoms with Crippen LogP contribution >= 0.6 is 15.9 Å². The molecule has 1 N–H and O–H groups in total. The average molecular weight is 328 g/mol. The van der Waals surface area contributed by atoms with E-state index in [9.17, 15) is 4.79 Å². The Balaban J connectivity index is 2.16. The van der Waals surface area contributed by atoms with Crippen molar-refractivity contribution in [1.82, 2.24) is 5.32 Å². The van der Waals surface area contributed by atoms with E-state index in [4.69, 9.17) is 4.74 Å². The fraction of sp³-hybridized carbons (Fsp3) is 0.533. The fourth-order valence-corrected chi connectivity index (χ4v) is 2.19. The summed E-state index contributed by atoms with van der Waals surface area (Å²) in [7, 11) is 1.64. The predicted molar refractivity (Wildman–Crippen MR) is 82.0 cm³/mol. The first-order valence-electron chi connectivity index (χ1n) is 6.72. The summed E-state index contributed by atoms with van der Waals surface area (Å²) in [6.45, 7) is 0.775. The Morgan fingerprint density at radius 1 is 1.16 bits per heavy atom. The first-order valence-corrected chi connectivity index (χ1v) is 7.84. The molecular weight excluding hydrogens is 306 g/mol. The summed E-state index contributed by atoms with van der Waals surface area (Å²) >= 11 is 3.41. The maximum absolute atomic E-state index is 11.7. The molecule has 1 amide bonds. The van der Waals surface area contributed by atoms with E-state index in [0.717, 1.165) is 29.6 Å². The molecule has 3 nitrogen and oxygen atoms in total. The van der Waals surface area contributed by atoms with Gasteiger partial charge in [0.2, 0.25) is 5.91 Å². The SMILES string of the molecule is COc1ccc(CC(=O)NCCCCCCBr)cc1. The van der Waals surface area contributed by atoms with Crippen molar-refractivity contribution in [3.05, 3.63) is 29.8 Å². The van der Waals surface area contributed by atoms with Crippen molar-refractivity contribution >= 4 is 21.8 Å². The van der Waals surface area contributed by atoms with Crippen LogP contribution in [0.25, 0.3) is 0 Å². The number of alkyl halides is 1. The Bertz CT molecular complexity index is 365. The van der Waals surface area contributed by atoms with Gasteiger partial charge in [-0.2, -0.15) is 0 Å². The van der Waals surface area contributed by atoms with Gasteiger partial charge < -0.3 is 10.1 Å². The number of benzene rings is 1. The van der Waals surface area contributed by atoms with Crippen molar-refractivity contribution in [3.8, 4) is 5.75 Å². The number of rotatable bonds is 9. The lowest BCUT2D eigenvalue weighted by Crippen LogP contribution is -2.26. The summed E-state index contributed by atoms with van der Waals surface area (Å²) in [5.74, 6) is 0.904. The monoisotopic (exact) mass is 327 g/mol. The van der Waals surface area contributed by atoms with E-state index in [2.05, 4.69) is 21.2 Å². The number of amides is 1. The van der Waals surface area contributed by atoms with Gasteiger partial charge in [-0.15, -0.1) is 0 Å². The summed E-state index contributed by atoms with van der Waals surface area (Å²) in [4.78, 5) is 11.7. The molecule has 1 aromatic rings. The van der Waals surface area contributed by atoms with E-state index in [0.29, 0.717) is 6.42 Å². The number of ether oxygens (including phenoxy) is 1. The van der Waals surface area contributed by atoms with Crippen LogP contribution in [0, 0.1) is 0 Å². The maximum atomic E-state index is 11.7. The number of carbonyl (C=O) groups is 1. The zero-order valence-corrected chi connectivity index (χ0v) is 13.0. The Hall–Kier alpha value is -1.03. The Labute approximate surface area is 123 Å². The van der Waals surface area contributed by atoms with Gasteiger partial charge in [0, 0.05) is 11.9 Å². The second kappa shape index (κ2) is 9.84. The molecule has 0 aliphatic heterocycles. The average Bonchev–Trinajstić information content (AvgIpc) is 2.43. The van der Waals surface area contributed by atoms with E-state index in [1.54, 1.807) is 7.11 Å². The Kier molecular flexibility index (Phi) is 8.30. The second-order valence-electron chi connectivity index (χ2n) is 4.48. The zero-order valence-electron chi connectivity index (χ0n) is 11.5. The number of hydrogen-bond acceptors (Lipinski definition) is 2. The predicted octanol–water partition coefficient (Wildman–Crippen LogP) is 3.31. The third-order valence-electron chi connectivity index (χ3n) is 2.91. The topological polar surface area (TPSA) is 38.3 Å². The molecule has 0 aliphatic carbocycles. The van der Waals surface area contributed by atoms with Crippen molar-refractivity contribution in [2.45, 2.75) is 32.1 Å². The summed E-state index contributed by atoms with van der Waals surface area (Å²) in [5.41, 5.74) is 1.01. The number of carbonyl (C=O) groups excluding carboxylic acids is 1. The zero-order chi connectivity index (χ0) is 13.9. The largest absolute Gasteiger partial charge is 0.497 e. The molecule has 1 rings (SSSR count). The third-order valence-corrected chi connectivity index (χ3v) is 3.47. The highest BCUT2D eigenvalue weighted by Crippen LogP contribution is 2.11. The van der Waals surface area contributed by atoms with E-state index in [1.807, 2.05) is 24.3 Å². The number of nitrogens with one attached hydrogen (secondary N) is 1. The van der Waals surface area contributed by atoms with Crippen LogP contribution in [0.1, 0.15) is 31.2 Å². The van der Waals surface area contributed by atoms with Gasteiger partial charge >= 0.3 is 0 Å². The maximum Gasteiger partial charge on any atom is 0.224 e. The van der Waals surface area contributed by atoms with Crippen molar-refractivity contribution in [2.24, 2.45) is 0 Å². The van der Waals surface area contributed by atoms with Gasteiger partial charge in [-0.3, -0.25) is 4.79 Å². The second-order valence-corrected chi connectivity index (χ2v) is 5.27. The van der Waals surface area contributed by atoms with Gasteiger partial charge in [-0.1, -0.05) is 40.9 Å². The molecule has 0 unspecified atom stereocenters. The van der Waals surface area contributed by atoms with Gasteiger partial charge in [-0.05, 0) is 30.5 Å². The summed E-state index contributed by atoms with van der Waals surface area (Å²) in [6.07, 6.45) is 5.10. The Morgan fingerprint density at radius 3 is 2.47 bits per heavy atom. The van der Waals surface area contributed by atoms with Crippen LogP contribution in [-0.2, 0) is 11.2 Å². The van der Waals surface area contributed by atoms with Crippen molar-refractivity contribution in [2.75, 3.05) is 19.0 Å². The quantitative estimate of drug-likeness (QED) is 0.558. The Morgan fingerprint density at radius 2 is 1.84 bits per heavy atom. The van der Waals surface area contributed by atoms with Gasteiger partial charge in [0.05, 0.1) is 13.5 Å². The van der Waals surface area contributed by atoms with E-state index in [1.165, 1.54) is 19.3 Å². The van der Waals surface area contributed by atoms with Crippen LogP contribution in [0.2, 0.25) is 0 Å². The van der Waals surface area contributed by atoms with Gasteiger partial charge in [0.15, 0.2) is 0 Å². The minimum absolute atomic E-state index is 0.0886. The summed E-state index contributed by atoms with van der Waals surface area (Å²) in [6, 6.07) is 7.61. The molecule has 0 aromatic heterocycles. The number of halogens is 1. The van der Waals surface area contributed by atoms with Crippen molar-refractivity contribution in [3.63, 3.8) is 0 Å². The molecule has 0 fully saturated rings. The lowest BCUT2D eigenvalue weighted by molar-refractivity contribution is -0.120. The first-order chi connectivity index (χ1) is 9.26. The molecule has 0 saturated carbocycles. The molecule has 0 bridgehead atoms. The molecule has 1 aromatic carbocycles. The summed E-state index contributed by atoms with van der Waals surface area (Å²) in [5, 5.41) is 4.02. The minimum atomic E-state index is 0.0886. The normalized spacial score (nSPS) is 10.2. The molecule has 0 saturated heterocycles. The first kappa shape index (κ1) is 16.0. The van der Waals surface area contributed by atoms with E-state index >= 15 is 0 Å². The van der Waals surface area contributed by atoms with E-state index < -0.39 is 0 Å². The molecular formula is C15H22BrNO2. The van der Waals surface area contributed by atoms with Gasteiger partial charge in [0.1, 0.15) is 5.75 Å². The molecule has 4 heteroatoms. The molecule has 0 heterocycles. The van der Waals surface area contributed by atoms with Crippen LogP contribution in [0.3, 0.4) is 0 Å². The third kappa shape index (κ3) is 7.21. The lowest BCUT2D eigenvalue weighted by Gasteiger charge is -2.06. The number of methoxy groups -OCH3 is 1. The van der Waals surface area contributed by atoms with Crippen molar-refractivity contribution < 1.29 is 9.53 Å². The van der Waals surface area contributed by atoms with E-state index in [-0.39, 0.29) is 5.91 Å². The molecule has 106 valence electrons. The van der Waals surface area contributed by atoms with Crippen molar-refractivity contribution in [1.29, 1.82) is 0 Å². The van der Waals surface area contributed by atoms with Crippen LogP contribution in [0.5, 0.6) is 5.75 Å². The molecule has 0 aliphatic rings. The molecule has 0 spiro atoms. The minimum Gasteiger partial charge on any atom is -0.497 e. The highest BCUT2D eigenvalue weighted by Gasteiger charge is 2.02. The smallest absolute Gasteiger partial charge is 0.224 e. The molecule has 0 atom stereocenters. The van der Waals surface area contributed by atoms with Gasteiger partial charge in [0.25, 0.3) is 0 Å². The molecule has 0 radical (unpaired) electrons. The molecule has 19 heavy (non-hydrogen) atoms. The lowest BCUT2D eigenvalue weighted by atomic mass is 10.1. The highest BCUT2D eigenvalue weighted by molar-refractivity contribution is 9.09. The number of unbranched alkanes of at least 4 members (excludes halogenated alkanes) is 3. The van der Waals surface area contributed by atoms with Gasteiger partial charge in [-0.25, -0.2) is 0 Å². The standard InChI is InChI=1S/C15H22BrNO2/c1-19-14-8-6-13(7-9-14)12-15(18)17-11-5-3-2-4-10-16/h6-9H,2-5,10-12H2,1H3,(H,17,18). The number of hydrogen-bond donors (Lipinski definition) is 1. The highest BCUT2D eigenvalue weighted by atomic mass is 79.9. The van der Waals surface area contributed by atoms with Crippen LogP contribution in [-0.4, -0.2) is 24.9 Å². The van der Waals surface area contributed by atoms with Crippen LogP contribution in [0.4, 0.5) is 0 Å². The fourth-order valence-electron chi connectivity index (χ4n) is 1.79.